The monoisotopic (exact) mass is 350 g/mol. The second-order valence-electron chi connectivity index (χ2n) is 4.61. The van der Waals surface area contributed by atoms with Crippen molar-refractivity contribution in [1.82, 2.24) is 0 Å². The summed E-state index contributed by atoms with van der Waals surface area (Å²) in [4.78, 5) is 12.9. The Hall–Kier alpha value is -2.12. The van der Waals surface area contributed by atoms with Crippen LogP contribution in [0.2, 0.25) is 0 Å². The molecule has 1 heterocycles. The van der Waals surface area contributed by atoms with Gasteiger partial charge in [0, 0.05) is 16.6 Å². The van der Waals surface area contributed by atoms with Crippen molar-refractivity contribution in [2.75, 3.05) is 24.9 Å². The quantitative estimate of drug-likeness (QED) is 0.630. The van der Waals surface area contributed by atoms with Gasteiger partial charge in [-0.1, -0.05) is 13.0 Å². The molecular weight excluding hydrogens is 332 g/mol. The van der Waals surface area contributed by atoms with Gasteiger partial charge >= 0.3 is 5.97 Å². The highest BCUT2D eigenvalue weighted by molar-refractivity contribution is 7.80. The molecule has 0 amide bonds. The van der Waals surface area contributed by atoms with Gasteiger partial charge in [0.15, 0.2) is 5.11 Å². The van der Waals surface area contributed by atoms with E-state index >= 15 is 0 Å². The number of rotatable bonds is 5. The Morgan fingerprint density at radius 2 is 2.04 bits per heavy atom. The van der Waals surface area contributed by atoms with E-state index in [0.29, 0.717) is 15.7 Å². The molecule has 0 saturated carbocycles. The molecule has 0 spiro atoms. The number of aryl methyl sites for hydroxylation is 1. The van der Waals surface area contributed by atoms with Crippen LogP contribution in [0.4, 0.5) is 10.7 Å². The van der Waals surface area contributed by atoms with E-state index in [9.17, 15) is 4.79 Å². The fraction of sp³-hybridized carbons (Fsp3) is 0.250. The number of carbonyl (C=O) groups excluding carboxylic acids is 1. The first kappa shape index (κ1) is 17.2. The molecule has 23 heavy (non-hydrogen) atoms. The zero-order valence-electron chi connectivity index (χ0n) is 13.1. The third-order valence-corrected chi connectivity index (χ3v) is 4.49. The minimum absolute atomic E-state index is 0.382. The Morgan fingerprint density at radius 3 is 2.70 bits per heavy atom. The Labute approximate surface area is 144 Å². The summed E-state index contributed by atoms with van der Waals surface area (Å²) >= 11 is 6.80. The summed E-state index contributed by atoms with van der Waals surface area (Å²) in [5.74, 6) is 0.352. The molecule has 0 atom stereocenters. The van der Waals surface area contributed by atoms with Gasteiger partial charge in [-0.05, 0) is 36.8 Å². The van der Waals surface area contributed by atoms with Crippen LogP contribution < -0.4 is 15.4 Å². The topological polar surface area (TPSA) is 59.6 Å². The first-order chi connectivity index (χ1) is 11.1. The van der Waals surface area contributed by atoms with Gasteiger partial charge in [-0.2, -0.15) is 0 Å². The minimum Gasteiger partial charge on any atom is -0.497 e. The number of esters is 1. The number of anilines is 2. The molecule has 5 nitrogen and oxygen atoms in total. The van der Waals surface area contributed by atoms with Gasteiger partial charge in [0.1, 0.15) is 10.8 Å². The van der Waals surface area contributed by atoms with Gasteiger partial charge < -0.3 is 20.1 Å². The van der Waals surface area contributed by atoms with Crippen molar-refractivity contribution < 1.29 is 14.3 Å². The lowest BCUT2D eigenvalue weighted by Crippen LogP contribution is -2.19. The SMILES string of the molecule is CCc1cc(C(=O)OC)c(NC(=S)Nc2cccc(OC)c2)s1. The van der Waals surface area contributed by atoms with Crippen LogP contribution in [0.3, 0.4) is 0 Å². The van der Waals surface area contributed by atoms with Crippen molar-refractivity contribution in [2.24, 2.45) is 0 Å². The van der Waals surface area contributed by atoms with Gasteiger partial charge in [-0.25, -0.2) is 4.79 Å². The van der Waals surface area contributed by atoms with E-state index in [1.54, 1.807) is 7.11 Å². The summed E-state index contributed by atoms with van der Waals surface area (Å²) < 4.78 is 9.99. The molecule has 0 unspecified atom stereocenters. The largest absolute Gasteiger partial charge is 0.497 e. The van der Waals surface area contributed by atoms with E-state index < -0.39 is 0 Å². The number of nitrogens with one attached hydrogen (secondary N) is 2. The summed E-state index contributed by atoms with van der Waals surface area (Å²) in [5.41, 5.74) is 1.29. The highest BCUT2D eigenvalue weighted by Gasteiger charge is 2.17. The summed E-state index contributed by atoms with van der Waals surface area (Å²) in [6.07, 6.45) is 0.840. The fourth-order valence-electron chi connectivity index (χ4n) is 1.94. The van der Waals surface area contributed by atoms with Crippen LogP contribution in [-0.2, 0) is 11.2 Å². The number of carbonyl (C=O) groups is 1. The van der Waals surface area contributed by atoms with Crippen LogP contribution in [0, 0.1) is 0 Å². The summed E-state index contributed by atoms with van der Waals surface area (Å²) in [5, 5.41) is 7.21. The maximum atomic E-state index is 11.9. The smallest absolute Gasteiger partial charge is 0.340 e. The Kier molecular flexibility index (Phi) is 5.95. The van der Waals surface area contributed by atoms with Crippen LogP contribution in [0.1, 0.15) is 22.2 Å². The van der Waals surface area contributed by atoms with Crippen molar-refractivity contribution >= 4 is 45.3 Å². The number of thiophene rings is 1. The summed E-state index contributed by atoms with van der Waals surface area (Å²) in [7, 11) is 2.97. The van der Waals surface area contributed by atoms with Gasteiger partial charge in [0.05, 0.1) is 19.8 Å². The normalized spacial score (nSPS) is 10.0. The van der Waals surface area contributed by atoms with E-state index in [2.05, 4.69) is 10.6 Å². The first-order valence-electron chi connectivity index (χ1n) is 7.00. The van der Waals surface area contributed by atoms with Gasteiger partial charge in [0.25, 0.3) is 0 Å². The highest BCUT2D eigenvalue weighted by atomic mass is 32.1. The molecule has 2 N–H and O–H groups in total. The van der Waals surface area contributed by atoms with Gasteiger partial charge in [-0.3, -0.25) is 0 Å². The summed E-state index contributed by atoms with van der Waals surface area (Å²) in [6, 6.07) is 9.26. The van der Waals surface area contributed by atoms with E-state index in [1.807, 2.05) is 37.3 Å². The minimum atomic E-state index is -0.382. The Balaban J connectivity index is 2.13. The number of methoxy groups -OCH3 is 2. The van der Waals surface area contributed by atoms with Gasteiger partial charge in [-0.15, -0.1) is 11.3 Å². The molecule has 0 aliphatic rings. The van der Waals surface area contributed by atoms with Crippen molar-refractivity contribution in [1.29, 1.82) is 0 Å². The highest BCUT2D eigenvalue weighted by Crippen LogP contribution is 2.29. The molecule has 1 aromatic heterocycles. The van der Waals surface area contributed by atoms with Crippen LogP contribution in [-0.4, -0.2) is 25.3 Å². The lowest BCUT2D eigenvalue weighted by atomic mass is 10.2. The molecule has 0 fully saturated rings. The zero-order chi connectivity index (χ0) is 16.8. The van der Waals surface area contributed by atoms with Crippen LogP contribution in [0.5, 0.6) is 5.75 Å². The molecule has 0 aliphatic carbocycles. The maximum Gasteiger partial charge on any atom is 0.340 e. The predicted molar refractivity (Wildman–Crippen MR) is 97.9 cm³/mol. The molecule has 2 aromatic rings. The van der Waals surface area contributed by atoms with Gasteiger partial charge in [0.2, 0.25) is 0 Å². The second kappa shape index (κ2) is 7.94. The molecule has 0 saturated heterocycles. The molecule has 0 aliphatic heterocycles. The third-order valence-electron chi connectivity index (χ3n) is 3.09. The third kappa shape index (κ3) is 4.43. The molecule has 1 aromatic carbocycles. The van der Waals surface area contributed by atoms with E-state index in [0.717, 1.165) is 22.7 Å². The molecule has 122 valence electrons. The number of hydrogen-bond donors (Lipinski definition) is 2. The molecule has 0 bridgehead atoms. The Bertz CT molecular complexity index is 713. The number of hydrogen-bond acceptors (Lipinski definition) is 5. The Morgan fingerprint density at radius 1 is 1.26 bits per heavy atom. The van der Waals surface area contributed by atoms with Crippen LogP contribution in [0.25, 0.3) is 0 Å². The van der Waals surface area contributed by atoms with Crippen molar-refractivity contribution in [3.8, 4) is 5.75 Å². The maximum absolute atomic E-state index is 11.9. The average Bonchev–Trinajstić information content (AvgIpc) is 2.97. The average molecular weight is 350 g/mol. The summed E-state index contributed by atoms with van der Waals surface area (Å²) in [6.45, 7) is 2.03. The molecule has 0 radical (unpaired) electrons. The zero-order valence-corrected chi connectivity index (χ0v) is 14.8. The molecule has 2 rings (SSSR count). The van der Waals surface area contributed by atoms with E-state index in [-0.39, 0.29) is 5.97 Å². The number of benzene rings is 1. The second-order valence-corrected chi connectivity index (χ2v) is 6.16. The molecular formula is C16H18N2O3S2. The van der Waals surface area contributed by atoms with E-state index in [1.165, 1.54) is 18.4 Å². The predicted octanol–water partition coefficient (Wildman–Crippen LogP) is 3.91. The fourth-order valence-corrected chi connectivity index (χ4v) is 3.21. The van der Waals surface area contributed by atoms with Crippen LogP contribution >= 0.6 is 23.6 Å². The van der Waals surface area contributed by atoms with Crippen molar-refractivity contribution in [3.05, 3.63) is 40.8 Å². The number of thiocarbonyl (C=S) groups is 1. The van der Waals surface area contributed by atoms with Crippen molar-refractivity contribution in [3.63, 3.8) is 0 Å². The lowest BCUT2D eigenvalue weighted by molar-refractivity contribution is 0.0602. The molecule has 7 heteroatoms. The number of ether oxygens (including phenoxy) is 2. The standard InChI is InChI=1S/C16H18N2O3S2/c1-4-12-9-13(15(19)21-3)14(23-12)18-16(22)17-10-6-5-7-11(8-10)20-2/h5-9H,4H2,1-3H3,(H2,17,18,22). The van der Waals surface area contributed by atoms with Crippen molar-refractivity contribution in [2.45, 2.75) is 13.3 Å². The van der Waals surface area contributed by atoms with E-state index in [4.69, 9.17) is 21.7 Å². The first-order valence-corrected chi connectivity index (χ1v) is 8.23. The van der Waals surface area contributed by atoms with Crippen LogP contribution in [0.15, 0.2) is 30.3 Å². The lowest BCUT2D eigenvalue weighted by Gasteiger charge is -2.11.